The number of nitrogens with zero attached hydrogens (tertiary/aromatic N) is 2. The number of hydrogen-bond donors (Lipinski definition) is 0. The van der Waals surface area contributed by atoms with Crippen LogP contribution in [0, 0.1) is 12.5 Å². The maximum Gasteiger partial charge on any atom is 0.410 e. The molecule has 1 rings (SSSR count). The Balaban J connectivity index is 2.34. The van der Waals surface area contributed by atoms with Crippen molar-refractivity contribution in [2.45, 2.75) is 39.3 Å². The minimum absolute atomic E-state index is 0.00341. The van der Waals surface area contributed by atoms with Gasteiger partial charge in [-0.15, -0.1) is 0 Å². The second-order valence-electron chi connectivity index (χ2n) is 5.02. The van der Waals surface area contributed by atoms with Crippen LogP contribution in [-0.4, -0.2) is 35.7 Å². The molecule has 0 spiro atoms. The molecule has 0 bridgehead atoms. The Morgan fingerprint density at radius 2 is 2.07 bits per heavy atom. The van der Waals surface area contributed by atoms with Crippen LogP contribution in [0.3, 0.4) is 0 Å². The van der Waals surface area contributed by atoms with Crippen molar-refractivity contribution in [3.63, 3.8) is 0 Å². The quantitative estimate of drug-likeness (QED) is 0.621. The molecule has 15 heavy (non-hydrogen) atoms. The molecule has 1 amide bonds. The molecule has 1 atom stereocenters. The summed E-state index contributed by atoms with van der Waals surface area (Å²) >= 11 is 0. The molecule has 84 valence electrons. The first-order valence-electron chi connectivity index (χ1n) is 5.18. The van der Waals surface area contributed by atoms with Gasteiger partial charge in [0.2, 0.25) is 6.04 Å². The van der Waals surface area contributed by atoms with Crippen LogP contribution in [0.5, 0.6) is 0 Å². The first-order chi connectivity index (χ1) is 6.83. The first-order valence-corrected chi connectivity index (χ1v) is 5.18. The second kappa shape index (κ2) is 4.09. The smallest absolute Gasteiger partial charge is 0.410 e. The summed E-state index contributed by atoms with van der Waals surface area (Å²) in [5.41, 5.74) is -0.437. The highest BCUT2D eigenvalue weighted by molar-refractivity contribution is 5.69. The van der Waals surface area contributed by atoms with Gasteiger partial charge in [0.25, 0.3) is 0 Å². The van der Waals surface area contributed by atoms with Crippen LogP contribution < -0.4 is 0 Å². The summed E-state index contributed by atoms with van der Waals surface area (Å²) in [6, 6.07) is 0.00341. The first kappa shape index (κ1) is 11.8. The molecule has 1 heterocycles. The van der Waals surface area contributed by atoms with Crippen LogP contribution in [0.2, 0.25) is 0 Å². The van der Waals surface area contributed by atoms with E-state index >= 15 is 0 Å². The fraction of sp³-hybridized carbons (Fsp3) is 0.818. The van der Waals surface area contributed by atoms with E-state index in [1.165, 1.54) is 0 Å². The van der Waals surface area contributed by atoms with Crippen LogP contribution in [0.25, 0.3) is 4.85 Å². The van der Waals surface area contributed by atoms with Crippen LogP contribution in [0.4, 0.5) is 4.79 Å². The molecule has 0 aromatic carbocycles. The normalized spacial score (nSPS) is 19.0. The van der Waals surface area contributed by atoms with E-state index < -0.39 is 5.60 Å². The summed E-state index contributed by atoms with van der Waals surface area (Å²) in [6.45, 7) is 15.6. The Bertz CT molecular complexity index is 282. The largest absolute Gasteiger partial charge is 0.444 e. The second-order valence-corrected chi connectivity index (χ2v) is 5.02. The average molecular weight is 210 g/mol. The minimum Gasteiger partial charge on any atom is -0.444 e. The molecule has 1 unspecified atom stereocenters. The van der Waals surface area contributed by atoms with Crippen LogP contribution in [-0.2, 0) is 4.74 Å². The summed E-state index contributed by atoms with van der Waals surface area (Å²) < 4.78 is 5.21. The van der Waals surface area contributed by atoms with Crippen molar-refractivity contribution in [1.29, 1.82) is 0 Å². The number of carbonyl (C=O) groups is 1. The maximum absolute atomic E-state index is 11.5. The van der Waals surface area contributed by atoms with E-state index in [2.05, 4.69) is 4.85 Å². The molecular formula is C11H18N2O2. The highest BCUT2D eigenvalue weighted by atomic mass is 16.6. The topological polar surface area (TPSA) is 33.9 Å². The molecule has 0 radical (unpaired) electrons. The van der Waals surface area contributed by atoms with E-state index in [4.69, 9.17) is 11.3 Å². The molecule has 0 N–H and O–H groups in total. The summed E-state index contributed by atoms with van der Waals surface area (Å²) in [5, 5.41) is 0. The van der Waals surface area contributed by atoms with Crippen molar-refractivity contribution in [2.75, 3.05) is 13.1 Å². The van der Waals surface area contributed by atoms with E-state index in [9.17, 15) is 4.79 Å². The molecule has 4 heteroatoms. The van der Waals surface area contributed by atoms with Gasteiger partial charge >= 0.3 is 6.09 Å². The third-order valence-corrected chi connectivity index (χ3v) is 2.45. The van der Waals surface area contributed by atoms with Crippen molar-refractivity contribution in [3.05, 3.63) is 11.4 Å². The molecule has 0 saturated carbocycles. The maximum atomic E-state index is 11.5. The van der Waals surface area contributed by atoms with E-state index in [1.807, 2.05) is 27.7 Å². The van der Waals surface area contributed by atoms with Crippen molar-refractivity contribution < 1.29 is 9.53 Å². The van der Waals surface area contributed by atoms with Gasteiger partial charge in [0.15, 0.2) is 0 Å². The van der Waals surface area contributed by atoms with Crippen LogP contribution >= 0.6 is 0 Å². The molecule has 4 nitrogen and oxygen atoms in total. The molecule has 1 fully saturated rings. The lowest BCUT2D eigenvalue weighted by Gasteiger charge is -2.39. The minimum atomic E-state index is -0.437. The molecule has 0 aromatic rings. The number of amides is 1. The molecule has 0 aromatic heterocycles. The summed E-state index contributed by atoms with van der Waals surface area (Å²) in [5.74, 6) is 0.315. The van der Waals surface area contributed by atoms with Crippen molar-refractivity contribution in [1.82, 2.24) is 4.90 Å². The highest BCUT2D eigenvalue weighted by Crippen LogP contribution is 2.23. The monoisotopic (exact) mass is 210 g/mol. The molecule has 1 aliphatic heterocycles. The fourth-order valence-corrected chi connectivity index (χ4v) is 1.40. The number of ether oxygens (including phenoxy) is 1. The third-order valence-electron chi connectivity index (χ3n) is 2.45. The van der Waals surface area contributed by atoms with Gasteiger partial charge in [0.05, 0.1) is 5.92 Å². The van der Waals surface area contributed by atoms with E-state index in [0.717, 1.165) is 0 Å². The van der Waals surface area contributed by atoms with E-state index in [0.29, 0.717) is 19.0 Å². The Labute approximate surface area is 91.0 Å². The lowest BCUT2D eigenvalue weighted by molar-refractivity contribution is -0.00214. The Morgan fingerprint density at radius 3 is 2.47 bits per heavy atom. The third kappa shape index (κ3) is 3.12. The van der Waals surface area contributed by atoms with E-state index in [-0.39, 0.29) is 12.1 Å². The predicted molar refractivity (Wildman–Crippen MR) is 57.4 cm³/mol. The molecular weight excluding hydrogens is 192 g/mol. The number of carbonyl (C=O) groups excluding carboxylic acids is 1. The van der Waals surface area contributed by atoms with Gasteiger partial charge in [-0.25, -0.2) is 11.4 Å². The van der Waals surface area contributed by atoms with Gasteiger partial charge in [-0.1, -0.05) is 0 Å². The Hall–Kier alpha value is -1.24. The van der Waals surface area contributed by atoms with E-state index in [1.54, 1.807) is 4.90 Å². The van der Waals surface area contributed by atoms with Gasteiger partial charge in [-0.05, 0) is 20.8 Å². The average Bonchev–Trinajstić information content (AvgIpc) is 1.97. The zero-order chi connectivity index (χ0) is 11.6. The summed E-state index contributed by atoms with van der Waals surface area (Å²) in [7, 11) is 0. The van der Waals surface area contributed by atoms with Crippen molar-refractivity contribution in [2.24, 2.45) is 5.92 Å². The Kier molecular flexibility index (Phi) is 3.23. The Morgan fingerprint density at radius 1 is 1.53 bits per heavy atom. The summed E-state index contributed by atoms with van der Waals surface area (Å²) in [4.78, 5) is 16.6. The van der Waals surface area contributed by atoms with Crippen LogP contribution in [0.1, 0.15) is 27.7 Å². The van der Waals surface area contributed by atoms with Gasteiger partial charge in [0, 0.05) is 20.0 Å². The lowest BCUT2D eigenvalue weighted by atomic mass is 9.94. The molecule has 1 saturated heterocycles. The van der Waals surface area contributed by atoms with Gasteiger partial charge < -0.3 is 14.5 Å². The molecule has 1 aliphatic rings. The zero-order valence-electron chi connectivity index (χ0n) is 9.78. The van der Waals surface area contributed by atoms with Gasteiger partial charge in [0.1, 0.15) is 5.60 Å². The van der Waals surface area contributed by atoms with Gasteiger partial charge in [-0.3, -0.25) is 0 Å². The zero-order valence-corrected chi connectivity index (χ0v) is 9.78. The highest BCUT2D eigenvalue weighted by Gasteiger charge is 2.39. The van der Waals surface area contributed by atoms with Crippen LogP contribution in [0.15, 0.2) is 0 Å². The number of hydrogen-bond acceptors (Lipinski definition) is 2. The SMILES string of the molecule is [C-]#[N+]C(C)C1CN(C(=O)OC(C)(C)C)C1. The van der Waals surface area contributed by atoms with Crippen molar-refractivity contribution >= 4 is 6.09 Å². The fourth-order valence-electron chi connectivity index (χ4n) is 1.40. The number of rotatable bonds is 1. The lowest BCUT2D eigenvalue weighted by Crippen LogP contribution is -2.54. The number of likely N-dealkylation sites (tertiary alicyclic amines) is 1. The summed E-state index contributed by atoms with van der Waals surface area (Å²) in [6.07, 6.45) is -0.268. The van der Waals surface area contributed by atoms with Crippen molar-refractivity contribution in [3.8, 4) is 0 Å². The molecule has 0 aliphatic carbocycles. The van der Waals surface area contributed by atoms with Gasteiger partial charge in [-0.2, -0.15) is 0 Å². The standard InChI is InChI=1S/C11H18N2O2/c1-8(12-5)9-6-13(7-9)10(14)15-11(2,3)4/h8-9H,6-7H2,1-4H3. The predicted octanol–water partition coefficient (Wildman–Crippen LogP) is 2.16.